The maximum Gasteiger partial charge on any atom is 0.343 e. The van der Waals surface area contributed by atoms with Crippen molar-refractivity contribution in [2.75, 3.05) is 34.9 Å². The summed E-state index contributed by atoms with van der Waals surface area (Å²) < 4.78 is 21.8. The topological polar surface area (TPSA) is 57.2 Å². The Balaban J connectivity index is 1.58. The summed E-state index contributed by atoms with van der Waals surface area (Å²) in [6.07, 6.45) is 4.86. The summed E-state index contributed by atoms with van der Waals surface area (Å²) in [6, 6.07) is 11.7. The van der Waals surface area contributed by atoms with Crippen LogP contribution >= 0.6 is 0 Å². The molecule has 1 saturated heterocycles. The van der Waals surface area contributed by atoms with Gasteiger partial charge in [0.1, 0.15) is 11.5 Å². The van der Waals surface area contributed by atoms with E-state index in [1.54, 1.807) is 39.5 Å². The Morgan fingerprint density at radius 1 is 0.969 bits per heavy atom. The molecular formula is C26H31NO5. The lowest BCUT2D eigenvalue weighted by Gasteiger charge is -2.40. The highest BCUT2D eigenvalue weighted by atomic mass is 16.5. The first-order chi connectivity index (χ1) is 15.4. The van der Waals surface area contributed by atoms with Crippen molar-refractivity contribution < 1.29 is 23.7 Å². The highest BCUT2D eigenvalue weighted by Crippen LogP contribution is 2.48. The van der Waals surface area contributed by atoms with Crippen LogP contribution in [0.5, 0.6) is 17.2 Å². The first kappa shape index (κ1) is 22.2. The fraction of sp³-hybridized carbons (Fsp3) is 0.423. The number of hydrogen-bond donors (Lipinski definition) is 0. The van der Waals surface area contributed by atoms with Crippen molar-refractivity contribution in [2.45, 2.75) is 37.6 Å². The second-order valence-electron chi connectivity index (χ2n) is 8.61. The molecule has 1 heterocycles. The molecule has 0 aromatic heterocycles. The number of esters is 1. The highest BCUT2D eigenvalue weighted by molar-refractivity contribution is 5.91. The van der Waals surface area contributed by atoms with Crippen molar-refractivity contribution in [3.63, 3.8) is 0 Å². The predicted molar refractivity (Wildman–Crippen MR) is 123 cm³/mol. The number of aryl methyl sites for hydroxylation is 1. The zero-order valence-corrected chi connectivity index (χ0v) is 19.4. The van der Waals surface area contributed by atoms with E-state index in [0.29, 0.717) is 23.5 Å². The number of likely N-dealkylation sites (tertiary alicyclic amines) is 1. The Kier molecular flexibility index (Phi) is 6.15. The molecule has 2 aromatic rings. The van der Waals surface area contributed by atoms with Gasteiger partial charge in [0.25, 0.3) is 0 Å². The van der Waals surface area contributed by atoms with Crippen LogP contribution in [-0.2, 0) is 10.2 Å². The third-order valence-corrected chi connectivity index (χ3v) is 6.93. The van der Waals surface area contributed by atoms with Gasteiger partial charge >= 0.3 is 5.97 Å². The lowest BCUT2D eigenvalue weighted by Crippen LogP contribution is -2.42. The SMILES string of the molecule is COc1ccc(C23CCC(OC(=O)c4ccc(OC)c(OC)c4)=CC2N(C)CC3)cc1C. The minimum atomic E-state index is -0.384. The highest BCUT2D eigenvalue weighted by Gasteiger charge is 2.48. The van der Waals surface area contributed by atoms with Crippen LogP contribution < -0.4 is 14.2 Å². The average molecular weight is 438 g/mol. The molecule has 6 nitrogen and oxygen atoms in total. The van der Waals surface area contributed by atoms with Gasteiger partial charge in [-0.2, -0.15) is 0 Å². The lowest BCUT2D eigenvalue weighted by atomic mass is 9.68. The van der Waals surface area contributed by atoms with Gasteiger partial charge in [-0.3, -0.25) is 4.90 Å². The van der Waals surface area contributed by atoms with Crippen molar-refractivity contribution in [1.82, 2.24) is 4.90 Å². The average Bonchev–Trinajstić information content (AvgIpc) is 3.15. The summed E-state index contributed by atoms with van der Waals surface area (Å²) in [7, 11) is 6.96. The number of likely N-dealkylation sites (N-methyl/N-ethyl adjacent to an activating group) is 1. The summed E-state index contributed by atoms with van der Waals surface area (Å²) in [4.78, 5) is 15.2. The van der Waals surface area contributed by atoms with Gasteiger partial charge in [-0.25, -0.2) is 4.79 Å². The van der Waals surface area contributed by atoms with E-state index in [2.05, 4.69) is 43.1 Å². The van der Waals surface area contributed by atoms with E-state index in [-0.39, 0.29) is 17.4 Å². The van der Waals surface area contributed by atoms with Crippen molar-refractivity contribution in [3.05, 3.63) is 64.9 Å². The van der Waals surface area contributed by atoms with E-state index in [9.17, 15) is 4.79 Å². The molecule has 2 aliphatic rings. The number of methoxy groups -OCH3 is 3. The zero-order valence-electron chi connectivity index (χ0n) is 19.4. The van der Waals surface area contributed by atoms with E-state index in [0.717, 1.165) is 36.5 Å². The van der Waals surface area contributed by atoms with Gasteiger partial charge in [-0.1, -0.05) is 12.1 Å². The van der Waals surface area contributed by atoms with Crippen LogP contribution in [0.1, 0.15) is 40.7 Å². The number of benzene rings is 2. The Bertz CT molecular complexity index is 1050. The Labute approximate surface area is 189 Å². The minimum absolute atomic E-state index is 0.0189. The maximum absolute atomic E-state index is 12.8. The molecule has 0 radical (unpaired) electrons. The van der Waals surface area contributed by atoms with Crippen molar-refractivity contribution in [1.29, 1.82) is 0 Å². The number of nitrogens with zero attached hydrogens (tertiary/aromatic N) is 1. The predicted octanol–water partition coefficient (Wildman–Crippen LogP) is 4.50. The first-order valence-electron chi connectivity index (χ1n) is 10.9. The van der Waals surface area contributed by atoms with Gasteiger partial charge in [0.2, 0.25) is 0 Å². The molecule has 4 rings (SSSR count). The number of carbonyl (C=O) groups excluding carboxylic acids is 1. The molecule has 0 bridgehead atoms. The fourth-order valence-corrected chi connectivity index (χ4v) is 5.12. The van der Waals surface area contributed by atoms with Gasteiger partial charge < -0.3 is 18.9 Å². The molecule has 2 aromatic carbocycles. The van der Waals surface area contributed by atoms with Gasteiger partial charge in [-0.15, -0.1) is 0 Å². The normalized spacial score (nSPS) is 22.7. The number of carbonyl (C=O) groups is 1. The van der Waals surface area contributed by atoms with Gasteiger partial charge in [0, 0.05) is 17.9 Å². The Morgan fingerprint density at radius 3 is 2.38 bits per heavy atom. The summed E-state index contributed by atoms with van der Waals surface area (Å²) in [6.45, 7) is 3.09. The molecule has 2 unspecified atom stereocenters. The summed E-state index contributed by atoms with van der Waals surface area (Å²) >= 11 is 0. The molecule has 0 amide bonds. The van der Waals surface area contributed by atoms with Crippen molar-refractivity contribution in [2.24, 2.45) is 0 Å². The van der Waals surface area contributed by atoms with Crippen LogP contribution in [0, 0.1) is 6.92 Å². The maximum atomic E-state index is 12.8. The molecule has 1 aliphatic heterocycles. The fourth-order valence-electron chi connectivity index (χ4n) is 5.12. The Hall–Kier alpha value is -2.99. The molecule has 1 fully saturated rings. The van der Waals surface area contributed by atoms with Crippen LogP contribution in [0.4, 0.5) is 0 Å². The summed E-state index contributed by atoms with van der Waals surface area (Å²) in [5, 5.41) is 0. The third kappa shape index (κ3) is 3.84. The quantitative estimate of drug-likeness (QED) is 0.621. The molecule has 0 spiro atoms. The molecule has 0 N–H and O–H groups in total. The van der Waals surface area contributed by atoms with E-state index in [1.165, 1.54) is 5.56 Å². The number of allylic oxidation sites excluding steroid dienone is 1. The van der Waals surface area contributed by atoms with Crippen LogP contribution in [0.15, 0.2) is 48.2 Å². The molecule has 32 heavy (non-hydrogen) atoms. The number of hydrogen-bond acceptors (Lipinski definition) is 6. The number of rotatable bonds is 6. The first-order valence-corrected chi connectivity index (χ1v) is 10.9. The van der Waals surface area contributed by atoms with Crippen LogP contribution in [-0.4, -0.2) is 51.8 Å². The zero-order chi connectivity index (χ0) is 22.9. The third-order valence-electron chi connectivity index (χ3n) is 6.93. The van der Waals surface area contributed by atoms with Crippen LogP contribution in [0.3, 0.4) is 0 Å². The molecule has 0 saturated carbocycles. The second kappa shape index (κ2) is 8.87. The standard InChI is InChI=1S/C26H31NO5/c1-17-14-19(7-9-21(17)29-3)26-11-10-20(16-24(26)27(2)13-12-26)32-25(28)18-6-8-22(30-4)23(15-18)31-5/h6-9,14-16,24H,10-13H2,1-5H3. The van der Waals surface area contributed by atoms with Crippen molar-refractivity contribution in [3.8, 4) is 17.2 Å². The largest absolute Gasteiger partial charge is 0.496 e. The monoisotopic (exact) mass is 437 g/mol. The molecule has 6 heteroatoms. The van der Waals surface area contributed by atoms with Crippen molar-refractivity contribution >= 4 is 5.97 Å². The lowest BCUT2D eigenvalue weighted by molar-refractivity contribution is 0.0593. The smallest absolute Gasteiger partial charge is 0.343 e. The summed E-state index contributed by atoms with van der Waals surface area (Å²) in [5.41, 5.74) is 2.92. The van der Waals surface area contributed by atoms with Gasteiger partial charge in [0.05, 0.1) is 26.9 Å². The Morgan fingerprint density at radius 2 is 1.69 bits per heavy atom. The van der Waals surface area contributed by atoms with E-state index < -0.39 is 0 Å². The molecular weight excluding hydrogens is 406 g/mol. The van der Waals surface area contributed by atoms with E-state index >= 15 is 0 Å². The van der Waals surface area contributed by atoms with E-state index in [1.807, 2.05) is 0 Å². The van der Waals surface area contributed by atoms with Crippen LogP contribution in [0.25, 0.3) is 0 Å². The molecule has 1 aliphatic carbocycles. The second-order valence-corrected chi connectivity index (χ2v) is 8.61. The van der Waals surface area contributed by atoms with Crippen LogP contribution in [0.2, 0.25) is 0 Å². The van der Waals surface area contributed by atoms with Gasteiger partial charge in [0.15, 0.2) is 11.5 Å². The number of fused-ring (bicyclic) bond motifs is 1. The summed E-state index contributed by atoms with van der Waals surface area (Å²) in [5.74, 6) is 2.33. The number of ether oxygens (including phenoxy) is 4. The minimum Gasteiger partial charge on any atom is -0.496 e. The molecule has 170 valence electrons. The van der Waals surface area contributed by atoms with Gasteiger partial charge in [-0.05, 0) is 74.8 Å². The molecule has 2 atom stereocenters. The van der Waals surface area contributed by atoms with E-state index in [4.69, 9.17) is 18.9 Å².